The molecule has 9 atom stereocenters. The van der Waals surface area contributed by atoms with Crippen molar-refractivity contribution in [2.24, 2.45) is 35.5 Å². The highest BCUT2D eigenvalue weighted by Crippen LogP contribution is 2.38. The molecule has 0 unspecified atom stereocenters. The van der Waals surface area contributed by atoms with E-state index in [1.54, 1.807) is 6.08 Å². The van der Waals surface area contributed by atoms with E-state index in [0.29, 0.717) is 49.5 Å². The first kappa shape index (κ1) is 29.3. The molecule has 7 heteroatoms. The lowest BCUT2D eigenvalue weighted by atomic mass is 9.82. The van der Waals surface area contributed by atoms with Crippen LogP contribution in [0.1, 0.15) is 91.9 Å². The summed E-state index contributed by atoms with van der Waals surface area (Å²) < 4.78 is 5.82. The van der Waals surface area contributed by atoms with E-state index >= 15 is 0 Å². The lowest BCUT2D eigenvalue weighted by Crippen LogP contribution is -2.34. The number of ether oxygens (including phenoxy) is 1. The zero-order valence-corrected chi connectivity index (χ0v) is 21.9. The summed E-state index contributed by atoms with van der Waals surface area (Å²) in [7, 11) is 0. The van der Waals surface area contributed by atoms with Crippen LogP contribution in [0.3, 0.4) is 0 Å². The molecule has 7 nitrogen and oxygen atoms in total. The molecule has 0 spiro atoms. The highest BCUT2D eigenvalue weighted by molar-refractivity contribution is 5.72. The second-order valence-electron chi connectivity index (χ2n) is 11.4. The molecule has 0 amide bonds. The van der Waals surface area contributed by atoms with Crippen LogP contribution in [0.4, 0.5) is 0 Å². The zero-order valence-electron chi connectivity index (χ0n) is 21.9. The van der Waals surface area contributed by atoms with Crippen molar-refractivity contribution in [2.75, 3.05) is 0 Å². The summed E-state index contributed by atoms with van der Waals surface area (Å²) in [6.45, 7) is 8.21. The molecule has 0 aromatic rings. The van der Waals surface area contributed by atoms with Gasteiger partial charge >= 0.3 is 11.9 Å². The maximum absolute atomic E-state index is 12.8. The number of hydrogen-bond donors (Lipinski definition) is 3. The average molecular weight is 492 g/mol. The predicted molar refractivity (Wildman–Crippen MR) is 133 cm³/mol. The van der Waals surface area contributed by atoms with Crippen LogP contribution in [0, 0.1) is 46.8 Å². The molecule has 2 aliphatic rings. The fraction of sp³-hybridized carbons (Fsp3) is 0.821. The fourth-order valence-electron chi connectivity index (χ4n) is 6.24. The first-order valence-corrected chi connectivity index (χ1v) is 13.4. The number of nitriles is 1. The predicted octanol–water partition coefficient (Wildman–Crippen LogP) is 4.86. The quantitative estimate of drug-likeness (QED) is 0.471. The van der Waals surface area contributed by atoms with Gasteiger partial charge in [-0.3, -0.25) is 9.59 Å². The number of carboxylic acids is 1. The highest BCUT2D eigenvalue weighted by Gasteiger charge is 2.40. The van der Waals surface area contributed by atoms with Gasteiger partial charge in [-0.05, 0) is 75.0 Å². The van der Waals surface area contributed by atoms with Gasteiger partial charge in [-0.1, -0.05) is 40.2 Å². The number of rotatable bonds is 2. The summed E-state index contributed by atoms with van der Waals surface area (Å²) in [6, 6.07) is 2.15. The van der Waals surface area contributed by atoms with Crippen LogP contribution in [0.15, 0.2) is 11.6 Å². The Morgan fingerprint density at radius 1 is 1.00 bits per heavy atom. The molecule has 0 saturated heterocycles. The largest absolute Gasteiger partial charge is 0.481 e. The third-order valence-electron chi connectivity index (χ3n) is 8.08. The van der Waals surface area contributed by atoms with Gasteiger partial charge in [-0.25, -0.2) is 0 Å². The van der Waals surface area contributed by atoms with Crippen LogP contribution >= 0.6 is 0 Å². The monoisotopic (exact) mass is 491 g/mol. The topological polar surface area (TPSA) is 128 Å². The Kier molecular flexibility index (Phi) is 11.7. The number of cyclic esters (lactones) is 1. The second-order valence-corrected chi connectivity index (χ2v) is 11.4. The molecule has 0 aromatic heterocycles. The van der Waals surface area contributed by atoms with Crippen molar-refractivity contribution in [1.29, 1.82) is 5.26 Å². The first-order valence-electron chi connectivity index (χ1n) is 13.4. The smallest absolute Gasteiger partial charge is 0.308 e. The summed E-state index contributed by atoms with van der Waals surface area (Å²) in [6.07, 6.45) is 5.72. The van der Waals surface area contributed by atoms with Crippen LogP contribution in [-0.4, -0.2) is 45.6 Å². The minimum Gasteiger partial charge on any atom is -0.481 e. The minimum absolute atomic E-state index is 0.0477. The van der Waals surface area contributed by atoms with Gasteiger partial charge in [0.1, 0.15) is 6.10 Å². The van der Waals surface area contributed by atoms with Crippen molar-refractivity contribution in [3.05, 3.63) is 11.6 Å². The Labute approximate surface area is 210 Å². The van der Waals surface area contributed by atoms with Gasteiger partial charge in [0.2, 0.25) is 0 Å². The molecular formula is C28H45NO6. The molecule has 1 saturated carbocycles. The van der Waals surface area contributed by atoms with Crippen LogP contribution in [0.2, 0.25) is 0 Å². The lowest BCUT2D eigenvalue weighted by molar-refractivity contribution is -0.160. The van der Waals surface area contributed by atoms with Crippen LogP contribution in [0.5, 0.6) is 0 Å². The number of aliphatic hydroxyl groups is 2. The zero-order chi connectivity index (χ0) is 26.1. The maximum Gasteiger partial charge on any atom is 0.308 e. The summed E-state index contributed by atoms with van der Waals surface area (Å²) in [5, 5.41) is 40.7. The number of aliphatic carboxylic acids is 1. The van der Waals surface area contributed by atoms with E-state index in [4.69, 9.17) is 4.74 Å². The summed E-state index contributed by atoms with van der Waals surface area (Å²) in [5.74, 6) is -1.55. The first-order chi connectivity index (χ1) is 16.5. The molecular weight excluding hydrogens is 446 g/mol. The molecule has 0 radical (unpaired) electrons. The molecule has 198 valence electrons. The number of allylic oxidation sites excluding steroid dienone is 1. The summed E-state index contributed by atoms with van der Waals surface area (Å²) in [4.78, 5) is 24.5. The number of nitrogens with zero attached hydrogens (tertiary/aromatic N) is 1. The number of carboxylic acid groups (broad SMARTS) is 1. The van der Waals surface area contributed by atoms with E-state index in [0.717, 1.165) is 25.7 Å². The Balaban J connectivity index is 2.24. The molecule has 0 bridgehead atoms. The van der Waals surface area contributed by atoms with E-state index in [1.807, 2.05) is 13.8 Å². The Morgan fingerprint density at radius 2 is 1.66 bits per heavy atom. The van der Waals surface area contributed by atoms with Gasteiger partial charge in [0.25, 0.3) is 0 Å². The van der Waals surface area contributed by atoms with Crippen molar-refractivity contribution in [3.63, 3.8) is 0 Å². The molecule has 1 fully saturated rings. The molecule has 2 rings (SSSR count). The van der Waals surface area contributed by atoms with Crippen LogP contribution in [-0.2, 0) is 14.3 Å². The third kappa shape index (κ3) is 8.91. The molecule has 3 N–H and O–H groups in total. The van der Waals surface area contributed by atoms with E-state index in [2.05, 4.69) is 19.9 Å². The fourth-order valence-corrected chi connectivity index (χ4v) is 6.24. The van der Waals surface area contributed by atoms with Crippen molar-refractivity contribution >= 4 is 11.9 Å². The van der Waals surface area contributed by atoms with Gasteiger partial charge in [-0.15, -0.1) is 0 Å². The standard InChI is InChI=1S/C28H45NO6/c1-17-12-18(2)14-20(4)27(32)21(16-29)8-5-6-11-25(22-9-7-10-23(22)28(33)34)35-26(31)15-24(30)19(3)13-17/h8,17-20,22-25,27,30,32H,5-7,9-15H2,1-4H3,(H,33,34)/b21-8+/t17-,18+,19-,20-,22+,23+,24-,25-,27+/m0/s1. The number of carbonyl (C=O) groups is 2. The lowest BCUT2D eigenvalue weighted by Gasteiger charge is -2.29. The van der Waals surface area contributed by atoms with Crippen LogP contribution in [0.25, 0.3) is 0 Å². The van der Waals surface area contributed by atoms with Gasteiger partial charge in [0.15, 0.2) is 0 Å². The SMILES string of the molecule is C[C@@H]1C[C@H](C)C[C@H](C)[C@@H](O)CC(=O)O[C@H]([C@@H]2CCC[C@H]2C(=O)O)CCC/C=C(\C#N)[C@H](O)[C@@H](C)C1. The maximum atomic E-state index is 12.8. The van der Waals surface area contributed by atoms with Crippen molar-refractivity contribution in [2.45, 2.75) is 110 Å². The number of carbonyl (C=O) groups excluding carboxylic acids is 1. The summed E-state index contributed by atoms with van der Waals surface area (Å²) >= 11 is 0. The second kappa shape index (κ2) is 14.0. The molecule has 35 heavy (non-hydrogen) atoms. The van der Waals surface area contributed by atoms with Gasteiger partial charge in [0, 0.05) is 5.92 Å². The number of esters is 1. The minimum atomic E-state index is -0.858. The van der Waals surface area contributed by atoms with Gasteiger partial charge in [-0.2, -0.15) is 5.26 Å². The number of aliphatic hydroxyl groups excluding tert-OH is 2. The normalized spacial score (nSPS) is 40.4. The Morgan fingerprint density at radius 3 is 2.29 bits per heavy atom. The van der Waals surface area contributed by atoms with E-state index < -0.39 is 36.2 Å². The number of hydrogen-bond acceptors (Lipinski definition) is 6. The van der Waals surface area contributed by atoms with Crippen molar-refractivity contribution < 1.29 is 29.6 Å². The highest BCUT2D eigenvalue weighted by atomic mass is 16.5. The van der Waals surface area contributed by atoms with Crippen molar-refractivity contribution in [3.8, 4) is 6.07 Å². The van der Waals surface area contributed by atoms with E-state index in [-0.39, 0.29) is 24.2 Å². The summed E-state index contributed by atoms with van der Waals surface area (Å²) in [5.41, 5.74) is 0.369. The van der Waals surface area contributed by atoms with Gasteiger partial charge < -0.3 is 20.1 Å². The molecule has 1 aliphatic carbocycles. The average Bonchev–Trinajstić information content (AvgIpc) is 3.27. The molecule has 1 aliphatic heterocycles. The van der Waals surface area contributed by atoms with Gasteiger partial charge in [0.05, 0.1) is 36.2 Å². The van der Waals surface area contributed by atoms with E-state index in [9.17, 15) is 30.2 Å². The molecule has 0 aromatic carbocycles. The molecule has 1 heterocycles. The van der Waals surface area contributed by atoms with Crippen molar-refractivity contribution in [1.82, 2.24) is 0 Å². The Hall–Kier alpha value is -1.91. The van der Waals surface area contributed by atoms with Crippen LogP contribution < -0.4 is 0 Å². The third-order valence-corrected chi connectivity index (χ3v) is 8.08. The Bertz CT molecular complexity index is 774. The van der Waals surface area contributed by atoms with E-state index in [1.165, 1.54) is 0 Å².